The lowest BCUT2D eigenvalue weighted by atomic mass is 10.2. The molecule has 26 heavy (non-hydrogen) atoms. The average Bonchev–Trinajstić information content (AvgIpc) is 3.17. The van der Waals surface area contributed by atoms with Gasteiger partial charge in [0.1, 0.15) is 5.75 Å². The van der Waals surface area contributed by atoms with Gasteiger partial charge in [0.2, 0.25) is 0 Å². The van der Waals surface area contributed by atoms with Gasteiger partial charge in [-0.25, -0.2) is 0 Å². The van der Waals surface area contributed by atoms with Crippen LogP contribution in [-0.2, 0) is 6.54 Å². The molecule has 0 N–H and O–H groups in total. The Kier molecular flexibility index (Phi) is 4.79. The van der Waals surface area contributed by atoms with Crippen LogP contribution in [0.1, 0.15) is 5.82 Å². The van der Waals surface area contributed by atoms with Gasteiger partial charge in [0.25, 0.3) is 0 Å². The topological polar surface area (TPSA) is 59.3 Å². The quantitative estimate of drug-likeness (QED) is 0.701. The van der Waals surface area contributed by atoms with Gasteiger partial charge < -0.3 is 9.64 Å². The molecular formula is C19H22N6O. The van der Waals surface area contributed by atoms with Crippen LogP contribution in [0, 0.1) is 0 Å². The van der Waals surface area contributed by atoms with Gasteiger partial charge in [-0.15, -0.1) is 5.10 Å². The lowest BCUT2D eigenvalue weighted by Gasteiger charge is -2.36. The third-order valence-corrected chi connectivity index (χ3v) is 4.70. The first-order valence-electron chi connectivity index (χ1n) is 8.78. The summed E-state index contributed by atoms with van der Waals surface area (Å²) in [6.45, 7) is 4.56. The highest BCUT2D eigenvalue weighted by Crippen LogP contribution is 2.28. The molecule has 1 aliphatic rings. The largest absolute Gasteiger partial charge is 0.495 e. The standard InChI is InChI=1S/C19H22N6O/c1-26-18-10-6-5-9-17(18)24-13-11-23(12-14-24)15-19-20-21-22-25(19)16-7-3-2-4-8-16/h2-10H,11-15H2,1H3. The van der Waals surface area contributed by atoms with E-state index in [0.717, 1.165) is 55.7 Å². The van der Waals surface area contributed by atoms with Crippen LogP contribution in [0.4, 0.5) is 5.69 Å². The molecule has 0 radical (unpaired) electrons. The Morgan fingerprint density at radius 3 is 2.42 bits per heavy atom. The molecule has 2 aromatic carbocycles. The van der Waals surface area contributed by atoms with E-state index in [4.69, 9.17) is 4.74 Å². The summed E-state index contributed by atoms with van der Waals surface area (Å²) in [6.07, 6.45) is 0. The molecule has 0 bridgehead atoms. The minimum Gasteiger partial charge on any atom is -0.495 e. The van der Waals surface area contributed by atoms with Gasteiger partial charge in [-0.05, 0) is 34.7 Å². The molecule has 1 aliphatic heterocycles. The van der Waals surface area contributed by atoms with E-state index >= 15 is 0 Å². The monoisotopic (exact) mass is 350 g/mol. The van der Waals surface area contributed by atoms with Crippen LogP contribution in [-0.4, -0.2) is 58.4 Å². The van der Waals surface area contributed by atoms with Gasteiger partial charge in [-0.2, -0.15) is 4.68 Å². The summed E-state index contributed by atoms with van der Waals surface area (Å²) in [7, 11) is 1.72. The number of anilines is 1. The molecule has 0 unspecified atom stereocenters. The van der Waals surface area contributed by atoms with Crippen molar-refractivity contribution >= 4 is 5.69 Å². The number of methoxy groups -OCH3 is 1. The lowest BCUT2D eigenvalue weighted by Crippen LogP contribution is -2.46. The Morgan fingerprint density at radius 1 is 0.923 bits per heavy atom. The molecule has 0 saturated carbocycles. The van der Waals surface area contributed by atoms with Crippen LogP contribution in [0.25, 0.3) is 5.69 Å². The maximum absolute atomic E-state index is 5.49. The van der Waals surface area contributed by atoms with Gasteiger partial charge in [0.15, 0.2) is 5.82 Å². The molecule has 3 aromatic rings. The van der Waals surface area contributed by atoms with Crippen molar-refractivity contribution in [1.29, 1.82) is 0 Å². The van der Waals surface area contributed by atoms with Crippen molar-refractivity contribution < 1.29 is 4.74 Å². The number of piperazine rings is 1. The number of benzene rings is 2. The number of nitrogens with zero attached hydrogens (tertiary/aromatic N) is 6. The van der Waals surface area contributed by atoms with Crippen molar-refractivity contribution in [2.45, 2.75) is 6.54 Å². The highest BCUT2D eigenvalue weighted by Gasteiger charge is 2.21. The Bertz CT molecular complexity index is 842. The van der Waals surface area contributed by atoms with Crippen molar-refractivity contribution in [3.63, 3.8) is 0 Å². The number of para-hydroxylation sites is 3. The van der Waals surface area contributed by atoms with E-state index in [-0.39, 0.29) is 0 Å². The summed E-state index contributed by atoms with van der Waals surface area (Å²) in [5, 5.41) is 12.2. The molecule has 0 atom stereocenters. The van der Waals surface area contributed by atoms with E-state index in [1.54, 1.807) is 7.11 Å². The zero-order chi connectivity index (χ0) is 17.8. The second-order valence-corrected chi connectivity index (χ2v) is 6.28. The highest BCUT2D eigenvalue weighted by molar-refractivity contribution is 5.58. The van der Waals surface area contributed by atoms with Gasteiger partial charge in [-0.3, -0.25) is 4.90 Å². The van der Waals surface area contributed by atoms with E-state index in [1.807, 2.05) is 47.1 Å². The second kappa shape index (κ2) is 7.53. The summed E-state index contributed by atoms with van der Waals surface area (Å²) >= 11 is 0. The number of tetrazole rings is 1. The van der Waals surface area contributed by atoms with Gasteiger partial charge >= 0.3 is 0 Å². The van der Waals surface area contributed by atoms with Crippen molar-refractivity contribution in [3.8, 4) is 11.4 Å². The SMILES string of the molecule is COc1ccccc1N1CCN(Cc2nnnn2-c2ccccc2)CC1. The van der Waals surface area contributed by atoms with E-state index in [1.165, 1.54) is 0 Å². The first-order valence-corrected chi connectivity index (χ1v) is 8.78. The molecule has 2 heterocycles. The van der Waals surface area contributed by atoms with E-state index < -0.39 is 0 Å². The van der Waals surface area contributed by atoms with E-state index in [0.29, 0.717) is 0 Å². The third-order valence-electron chi connectivity index (χ3n) is 4.70. The van der Waals surface area contributed by atoms with Crippen molar-refractivity contribution in [2.24, 2.45) is 0 Å². The van der Waals surface area contributed by atoms with E-state index in [9.17, 15) is 0 Å². The second-order valence-electron chi connectivity index (χ2n) is 6.28. The minimum atomic E-state index is 0.738. The predicted octanol–water partition coefficient (Wildman–Crippen LogP) is 1.99. The first kappa shape index (κ1) is 16.5. The lowest BCUT2D eigenvalue weighted by molar-refractivity contribution is 0.241. The van der Waals surface area contributed by atoms with Crippen molar-refractivity contribution in [1.82, 2.24) is 25.1 Å². The summed E-state index contributed by atoms with van der Waals surface area (Å²) < 4.78 is 7.30. The molecule has 0 amide bonds. The molecular weight excluding hydrogens is 328 g/mol. The van der Waals surface area contributed by atoms with Crippen LogP contribution in [0.15, 0.2) is 54.6 Å². The fourth-order valence-corrected chi connectivity index (χ4v) is 3.31. The molecule has 1 saturated heterocycles. The maximum Gasteiger partial charge on any atom is 0.170 e. The molecule has 0 spiro atoms. The van der Waals surface area contributed by atoms with Crippen LogP contribution in [0.5, 0.6) is 5.75 Å². The number of hydrogen-bond donors (Lipinski definition) is 0. The summed E-state index contributed by atoms with van der Waals surface area (Å²) in [5.74, 6) is 1.79. The summed E-state index contributed by atoms with van der Waals surface area (Å²) in [5.41, 5.74) is 2.14. The molecule has 1 fully saturated rings. The zero-order valence-corrected chi connectivity index (χ0v) is 14.8. The number of ether oxygens (including phenoxy) is 1. The molecule has 0 aliphatic carbocycles. The van der Waals surface area contributed by atoms with Crippen LogP contribution >= 0.6 is 0 Å². The smallest absolute Gasteiger partial charge is 0.170 e. The number of aromatic nitrogens is 4. The molecule has 7 heteroatoms. The predicted molar refractivity (Wildman–Crippen MR) is 99.6 cm³/mol. The zero-order valence-electron chi connectivity index (χ0n) is 14.8. The Balaban J connectivity index is 1.42. The fraction of sp³-hybridized carbons (Fsp3) is 0.316. The average molecular weight is 350 g/mol. The van der Waals surface area contributed by atoms with Crippen LogP contribution < -0.4 is 9.64 Å². The van der Waals surface area contributed by atoms with Crippen LogP contribution in [0.3, 0.4) is 0 Å². The maximum atomic E-state index is 5.49. The normalized spacial score (nSPS) is 15.2. The number of hydrogen-bond acceptors (Lipinski definition) is 6. The number of rotatable bonds is 5. The highest BCUT2D eigenvalue weighted by atomic mass is 16.5. The Labute approximate surface area is 152 Å². The third kappa shape index (κ3) is 3.39. The first-order chi connectivity index (χ1) is 12.8. The van der Waals surface area contributed by atoms with Crippen molar-refractivity contribution in [3.05, 3.63) is 60.4 Å². The van der Waals surface area contributed by atoms with E-state index in [2.05, 4.69) is 37.5 Å². The van der Waals surface area contributed by atoms with Gasteiger partial charge in [-0.1, -0.05) is 30.3 Å². The molecule has 134 valence electrons. The molecule has 1 aromatic heterocycles. The van der Waals surface area contributed by atoms with Crippen LogP contribution in [0.2, 0.25) is 0 Å². The van der Waals surface area contributed by atoms with Gasteiger partial charge in [0.05, 0.1) is 25.0 Å². The van der Waals surface area contributed by atoms with Gasteiger partial charge in [0, 0.05) is 26.2 Å². The molecule has 7 nitrogen and oxygen atoms in total. The summed E-state index contributed by atoms with van der Waals surface area (Å²) in [6, 6.07) is 18.2. The Morgan fingerprint density at radius 2 is 1.65 bits per heavy atom. The Hall–Kier alpha value is -2.93. The van der Waals surface area contributed by atoms with Crippen molar-refractivity contribution in [2.75, 3.05) is 38.2 Å². The molecule has 4 rings (SSSR count). The minimum absolute atomic E-state index is 0.738. The fourth-order valence-electron chi connectivity index (χ4n) is 3.31. The summed E-state index contributed by atoms with van der Waals surface area (Å²) in [4.78, 5) is 4.76.